The Balaban J connectivity index is 1.54. The molecule has 3 heterocycles. The summed E-state index contributed by atoms with van der Waals surface area (Å²) in [5.41, 5.74) is 1.75. The Hall–Kier alpha value is -2.47. The fraction of sp³-hybridized carbons (Fsp3) is 0.160. The molecular formula is C25H17Cl3N4O3S3. The van der Waals surface area contributed by atoms with Crippen LogP contribution in [0.15, 0.2) is 58.1 Å². The minimum atomic E-state index is -1.05. The fourth-order valence-electron chi connectivity index (χ4n) is 4.03. The van der Waals surface area contributed by atoms with E-state index in [1.807, 2.05) is 24.3 Å². The Morgan fingerprint density at radius 3 is 2.53 bits per heavy atom. The zero-order valence-corrected chi connectivity index (χ0v) is 24.5. The van der Waals surface area contributed by atoms with E-state index in [9.17, 15) is 14.7 Å². The molecule has 1 aliphatic heterocycles. The van der Waals surface area contributed by atoms with Gasteiger partial charge in [-0.05, 0) is 43.2 Å². The Labute approximate surface area is 245 Å². The standard InChI is InChI=1S/C25H17Cl3N4O3S3/c1-11-22(37-12(2)29-11)20(33)18-19(15-8-7-14(26)9-17(15)28)32(23(35)21(18)34)24-30-31-25(38-24)36-10-13-5-3-4-6-16(13)27/h3-9,19,34H,10H2,1-2H3. The van der Waals surface area contributed by atoms with Crippen LogP contribution in [-0.4, -0.2) is 32.0 Å². The molecule has 1 N–H and O–H groups in total. The van der Waals surface area contributed by atoms with E-state index >= 15 is 0 Å². The lowest BCUT2D eigenvalue weighted by Crippen LogP contribution is -2.31. The summed E-state index contributed by atoms with van der Waals surface area (Å²) in [5, 5.41) is 21.6. The molecule has 0 saturated carbocycles. The van der Waals surface area contributed by atoms with Gasteiger partial charge in [0.25, 0.3) is 5.91 Å². The van der Waals surface area contributed by atoms with Gasteiger partial charge in [-0.15, -0.1) is 21.5 Å². The lowest BCUT2D eigenvalue weighted by Gasteiger charge is -2.24. The topological polar surface area (TPSA) is 96.3 Å². The highest BCUT2D eigenvalue weighted by molar-refractivity contribution is 8.00. The van der Waals surface area contributed by atoms with Gasteiger partial charge < -0.3 is 5.11 Å². The van der Waals surface area contributed by atoms with E-state index in [0.717, 1.165) is 16.9 Å². The van der Waals surface area contributed by atoms with Gasteiger partial charge in [0, 0.05) is 20.8 Å². The third-order valence-corrected chi connectivity index (χ3v) is 9.84. The number of carbonyl (C=O) groups excluding carboxylic acids is 2. The average Bonchev–Trinajstić information content (AvgIpc) is 3.54. The van der Waals surface area contributed by atoms with Crippen LogP contribution in [0, 0.1) is 13.8 Å². The van der Waals surface area contributed by atoms with Crippen LogP contribution in [0.1, 0.15) is 37.5 Å². The minimum Gasteiger partial charge on any atom is -0.503 e. The Morgan fingerprint density at radius 2 is 1.84 bits per heavy atom. The number of benzene rings is 2. The van der Waals surface area contributed by atoms with E-state index in [2.05, 4.69) is 15.2 Å². The predicted molar refractivity (Wildman–Crippen MR) is 153 cm³/mol. The number of aliphatic hydroxyl groups excluding tert-OH is 1. The maximum Gasteiger partial charge on any atom is 0.296 e. The van der Waals surface area contributed by atoms with Crippen LogP contribution in [0.25, 0.3) is 0 Å². The van der Waals surface area contributed by atoms with Gasteiger partial charge >= 0.3 is 0 Å². The van der Waals surface area contributed by atoms with Gasteiger partial charge in [-0.1, -0.05) is 82.2 Å². The van der Waals surface area contributed by atoms with Gasteiger partial charge in [0.15, 0.2) is 10.1 Å². The van der Waals surface area contributed by atoms with Gasteiger partial charge in [-0.2, -0.15) is 0 Å². The number of Topliss-reactive ketones (excluding diaryl/α,β-unsaturated/α-hetero) is 1. The molecule has 2 aromatic carbocycles. The summed E-state index contributed by atoms with van der Waals surface area (Å²) >= 11 is 22.7. The van der Waals surface area contributed by atoms with E-state index in [-0.39, 0.29) is 15.7 Å². The van der Waals surface area contributed by atoms with E-state index in [1.165, 1.54) is 34.1 Å². The highest BCUT2D eigenvalue weighted by atomic mass is 35.5. The molecule has 1 aliphatic rings. The lowest BCUT2D eigenvalue weighted by molar-refractivity contribution is -0.117. The fourth-order valence-corrected chi connectivity index (χ4v) is 7.57. The molecule has 38 heavy (non-hydrogen) atoms. The van der Waals surface area contributed by atoms with Crippen molar-refractivity contribution in [1.82, 2.24) is 15.2 Å². The number of thioether (sulfide) groups is 1. The first kappa shape index (κ1) is 27.1. The molecule has 7 nitrogen and oxygen atoms in total. The average molecular weight is 624 g/mol. The second-order valence-electron chi connectivity index (χ2n) is 8.21. The molecule has 1 atom stereocenters. The van der Waals surface area contributed by atoms with E-state index in [0.29, 0.717) is 41.3 Å². The summed E-state index contributed by atoms with van der Waals surface area (Å²) in [4.78, 5) is 33.1. The van der Waals surface area contributed by atoms with Crippen LogP contribution in [0.4, 0.5) is 5.13 Å². The number of hydrogen-bond acceptors (Lipinski definition) is 9. The monoisotopic (exact) mass is 622 g/mol. The maximum atomic E-state index is 13.7. The summed E-state index contributed by atoms with van der Waals surface area (Å²) in [6, 6.07) is 11.2. The van der Waals surface area contributed by atoms with Crippen molar-refractivity contribution >= 4 is 86.1 Å². The first-order valence-electron chi connectivity index (χ1n) is 11.1. The second-order valence-corrected chi connectivity index (χ2v) is 12.8. The SMILES string of the molecule is Cc1nc(C)c(C(=O)C2=C(O)C(=O)N(c3nnc(SCc4ccccc4Cl)s3)C2c2ccc(Cl)cc2Cl)s1. The Bertz CT molecular complexity index is 1620. The molecule has 0 spiro atoms. The van der Waals surface area contributed by atoms with E-state index < -0.39 is 23.5 Å². The third kappa shape index (κ3) is 5.09. The van der Waals surface area contributed by atoms with Crippen molar-refractivity contribution in [2.24, 2.45) is 0 Å². The smallest absolute Gasteiger partial charge is 0.296 e. The number of rotatable bonds is 7. The number of aliphatic hydroxyl groups is 1. The van der Waals surface area contributed by atoms with Gasteiger partial charge in [0.05, 0.1) is 27.2 Å². The van der Waals surface area contributed by atoms with Crippen molar-refractivity contribution < 1.29 is 14.7 Å². The van der Waals surface area contributed by atoms with Gasteiger partial charge in [0.2, 0.25) is 10.9 Å². The van der Waals surface area contributed by atoms with Crippen LogP contribution in [0.2, 0.25) is 15.1 Å². The number of thiazole rings is 1. The Morgan fingerprint density at radius 1 is 1.08 bits per heavy atom. The molecule has 0 fully saturated rings. The van der Waals surface area contributed by atoms with Crippen molar-refractivity contribution in [3.8, 4) is 0 Å². The normalized spacial score (nSPS) is 15.6. The second kappa shape index (κ2) is 11.0. The van der Waals surface area contributed by atoms with Crippen molar-refractivity contribution in [3.05, 3.63) is 95.6 Å². The molecule has 2 aromatic heterocycles. The summed E-state index contributed by atoms with van der Waals surface area (Å²) in [6.45, 7) is 3.49. The zero-order chi connectivity index (χ0) is 27.1. The first-order valence-corrected chi connectivity index (χ1v) is 14.8. The number of halogens is 3. The molecule has 194 valence electrons. The number of nitrogens with zero attached hydrogens (tertiary/aromatic N) is 4. The third-order valence-electron chi connectivity index (χ3n) is 5.73. The minimum absolute atomic E-state index is 0.105. The van der Waals surface area contributed by atoms with Crippen LogP contribution in [0.3, 0.4) is 0 Å². The zero-order valence-electron chi connectivity index (χ0n) is 19.7. The Kier molecular flexibility index (Phi) is 7.82. The van der Waals surface area contributed by atoms with Crippen molar-refractivity contribution in [3.63, 3.8) is 0 Å². The number of anilines is 1. The molecule has 4 aromatic rings. The van der Waals surface area contributed by atoms with Crippen molar-refractivity contribution in [2.75, 3.05) is 4.90 Å². The summed E-state index contributed by atoms with van der Waals surface area (Å²) < 4.78 is 0.585. The molecule has 0 radical (unpaired) electrons. The van der Waals surface area contributed by atoms with Crippen LogP contribution in [-0.2, 0) is 10.5 Å². The van der Waals surface area contributed by atoms with Crippen LogP contribution >= 0.6 is 69.2 Å². The molecule has 5 rings (SSSR count). The predicted octanol–water partition coefficient (Wildman–Crippen LogP) is 7.65. The summed E-state index contributed by atoms with van der Waals surface area (Å²) in [5.74, 6) is -1.40. The molecule has 1 unspecified atom stereocenters. The largest absolute Gasteiger partial charge is 0.503 e. The number of amides is 1. The first-order chi connectivity index (χ1) is 18.2. The van der Waals surface area contributed by atoms with Gasteiger partial charge in [-0.25, -0.2) is 4.98 Å². The number of hydrogen-bond donors (Lipinski definition) is 1. The molecular weight excluding hydrogens is 607 g/mol. The number of ketones is 1. The highest BCUT2D eigenvalue weighted by Crippen LogP contribution is 2.46. The molecule has 1 amide bonds. The molecule has 0 bridgehead atoms. The summed E-state index contributed by atoms with van der Waals surface area (Å²) in [7, 11) is 0. The summed E-state index contributed by atoms with van der Waals surface area (Å²) in [6.07, 6.45) is 0. The van der Waals surface area contributed by atoms with E-state index in [1.54, 1.807) is 26.0 Å². The van der Waals surface area contributed by atoms with Crippen molar-refractivity contribution in [2.45, 2.75) is 30.0 Å². The van der Waals surface area contributed by atoms with Crippen LogP contribution < -0.4 is 4.90 Å². The number of aromatic nitrogens is 3. The van der Waals surface area contributed by atoms with Gasteiger partial charge in [-0.3, -0.25) is 14.5 Å². The molecule has 13 heteroatoms. The quantitative estimate of drug-likeness (QED) is 0.128. The maximum absolute atomic E-state index is 13.7. The van der Waals surface area contributed by atoms with E-state index in [4.69, 9.17) is 34.8 Å². The highest BCUT2D eigenvalue weighted by Gasteiger charge is 2.47. The molecule has 0 aliphatic carbocycles. The number of carbonyl (C=O) groups is 2. The van der Waals surface area contributed by atoms with Gasteiger partial charge in [0.1, 0.15) is 0 Å². The lowest BCUT2D eigenvalue weighted by atomic mass is 9.95. The van der Waals surface area contributed by atoms with Crippen LogP contribution in [0.5, 0.6) is 0 Å². The van der Waals surface area contributed by atoms with Crippen molar-refractivity contribution in [1.29, 1.82) is 0 Å². The molecule has 0 saturated heterocycles. The number of aryl methyl sites for hydroxylation is 2.